The number of ether oxygens (including phenoxy) is 1. The lowest BCUT2D eigenvalue weighted by Gasteiger charge is -2.09. The fourth-order valence-corrected chi connectivity index (χ4v) is 3.20. The van der Waals surface area contributed by atoms with Crippen LogP contribution in [0.4, 0.5) is 4.79 Å². The Bertz CT molecular complexity index is 961. The molecule has 0 saturated carbocycles. The minimum absolute atomic E-state index is 0.0288. The summed E-state index contributed by atoms with van der Waals surface area (Å²) in [6.07, 6.45) is 1.43. The zero-order chi connectivity index (χ0) is 19.7. The Morgan fingerprint density at radius 2 is 2.15 bits per heavy atom. The van der Waals surface area contributed by atoms with Gasteiger partial charge in [0.2, 0.25) is 5.76 Å². The fourth-order valence-electron chi connectivity index (χ4n) is 2.38. The molecule has 8 nitrogen and oxygen atoms in total. The number of nitrogens with one attached hydrogen (secondary N) is 1. The molecule has 2 N–H and O–H groups in total. The van der Waals surface area contributed by atoms with Gasteiger partial charge in [0.15, 0.2) is 0 Å². The number of amides is 3. The van der Waals surface area contributed by atoms with Gasteiger partial charge in [0.1, 0.15) is 17.2 Å². The van der Waals surface area contributed by atoms with Crippen LogP contribution in [0.15, 0.2) is 38.9 Å². The molecule has 1 aliphatic heterocycles. The quantitative estimate of drug-likeness (QED) is 0.416. The van der Waals surface area contributed by atoms with Gasteiger partial charge in [-0.2, -0.15) is 0 Å². The van der Waals surface area contributed by atoms with Crippen LogP contribution in [0.1, 0.15) is 21.9 Å². The molecule has 27 heavy (non-hydrogen) atoms. The van der Waals surface area contributed by atoms with E-state index in [2.05, 4.69) is 26.0 Å². The second-order valence-electron chi connectivity index (χ2n) is 5.47. The predicted molar refractivity (Wildman–Crippen MR) is 97.9 cm³/mol. The van der Waals surface area contributed by atoms with Crippen molar-refractivity contribution in [1.29, 1.82) is 0 Å². The van der Waals surface area contributed by atoms with E-state index in [0.717, 1.165) is 4.90 Å². The van der Waals surface area contributed by atoms with Crippen molar-refractivity contribution in [1.82, 2.24) is 10.2 Å². The average Bonchev–Trinajstić information content (AvgIpc) is 3.20. The van der Waals surface area contributed by atoms with Crippen molar-refractivity contribution < 1.29 is 28.6 Å². The minimum Gasteiger partial charge on any atom is -0.505 e. The fraction of sp³-hybridized carbons (Fsp3) is 0.118. The molecule has 3 rings (SSSR count). The van der Waals surface area contributed by atoms with Crippen molar-refractivity contribution in [2.45, 2.75) is 6.54 Å². The molecule has 0 aliphatic carbocycles. The summed E-state index contributed by atoms with van der Waals surface area (Å²) in [5.41, 5.74) is 0.537. The summed E-state index contributed by atoms with van der Waals surface area (Å²) in [5.74, 6) is -1.14. The maximum atomic E-state index is 12.5. The van der Waals surface area contributed by atoms with Crippen molar-refractivity contribution in [2.24, 2.45) is 0 Å². The van der Waals surface area contributed by atoms with E-state index >= 15 is 0 Å². The number of nitrogens with zero attached hydrogens (tertiary/aromatic N) is 1. The van der Waals surface area contributed by atoms with E-state index in [0.29, 0.717) is 10.0 Å². The van der Waals surface area contributed by atoms with E-state index in [1.54, 1.807) is 6.07 Å². The summed E-state index contributed by atoms with van der Waals surface area (Å²) >= 11 is 9.06. The molecule has 0 spiro atoms. The lowest BCUT2D eigenvalue weighted by atomic mass is 10.2. The molecule has 140 valence electrons. The van der Waals surface area contributed by atoms with Gasteiger partial charge in [-0.15, -0.1) is 0 Å². The van der Waals surface area contributed by atoms with Crippen LogP contribution in [-0.4, -0.2) is 35.0 Å². The van der Waals surface area contributed by atoms with Crippen LogP contribution in [0.2, 0.25) is 5.02 Å². The number of rotatable bonds is 4. The van der Waals surface area contributed by atoms with Crippen molar-refractivity contribution in [3.63, 3.8) is 0 Å². The number of phenolic OH excluding ortho intramolecular Hbond substituents is 1. The molecule has 0 bridgehead atoms. The highest BCUT2D eigenvalue weighted by Crippen LogP contribution is 2.33. The summed E-state index contributed by atoms with van der Waals surface area (Å²) < 4.78 is 10.2. The van der Waals surface area contributed by atoms with Gasteiger partial charge < -0.3 is 19.6 Å². The number of phenols is 1. The van der Waals surface area contributed by atoms with Gasteiger partial charge in [-0.05, 0) is 51.8 Å². The van der Waals surface area contributed by atoms with Gasteiger partial charge in [-0.3, -0.25) is 9.69 Å². The van der Waals surface area contributed by atoms with Gasteiger partial charge in [-0.25, -0.2) is 9.59 Å². The molecule has 1 saturated heterocycles. The average molecular weight is 456 g/mol. The van der Waals surface area contributed by atoms with Gasteiger partial charge in [0, 0.05) is 0 Å². The summed E-state index contributed by atoms with van der Waals surface area (Å²) in [6, 6.07) is 5.24. The van der Waals surface area contributed by atoms with Crippen LogP contribution >= 0.6 is 27.5 Å². The topological polar surface area (TPSA) is 109 Å². The maximum Gasteiger partial charge on any atom is 0.373 e. The normalized spacial score (nSPS) is 15.4. The summed E-state index contributed by atoms with van der Waals surface area (Å²) in [7, 11) is 1.22. The van der Waals surface area contributed by atoms with Gasteiger partial charge in [0.25, 0.3) is 5.91 Å². The monoisotopic (exact) mass is 454 g/mol. The molecule has 3 amide bonds. The zero-order valence-electron chi connectivity index (χ0n) is 13.8. The molecular weight excluding hydrogens is 444 g/mol. The molecule has 1 aliphatic rings. The summed E-state index contributed by atoms with van der Waals surface area (Å²) in [5, 5.41) is 12.2. The largest absolute Gasteiger partial charge is 0.505 e. The highest BCUT2D eigenvalue weighted by atomic mass is 79.9. The SMILES string of the molecule is COC(=O)c1ccc(CN2C(=O)NC(=Cc3cc(Cl)c(O)c(Br)c3)C2=O)o1. The van der Waals surface area contributed by atoms with E-state index in [4.69, 9.17) is 16.0 Å². The molecule has 1 fully saturated rings. The van der Waals surface area contributed by atoms with E-state index in [1.807, 2.05) is 0 Å². The van der Waals surface area contributed by atoms with Crippen molar-refractivity contribution in [3.8, 4) is 5.75 Å². The van der Waals surface area contributed by atoms with E-state index in [-0.39, 0.29) is 34.5 Å². The number of carbonyl (C=O) groups excluding carboxylic acids is 3. The third-order valence-electron chi connectivity index (χ3n) is 3.67. The Kier molecular flexibility index (Phi) is 5.24. The molecule has 2 heterocycles. The Morgan fingerprint density at radius 3 is 2.81 bits per heavy atom. The standard InChI is InChI=1S/C17H12BrClN2O6/c1-26-16(24)13-3-2-9(27-13)7-21-15(23)12(20-17(21)25)6-8-4-10(18)14(22)11(19)5-8/h2-6,22H,7H2,1H3,(H,20,25). The lowest BCUT2D eigenvalue weighted by molar-refractivity contribution is -0.123. The number of furan rings is 1. The van der Waals surface area contributed by atoms with Crippen molar-refractivity contribution in [3.05, 3.63) is 56.5 Å². The van der Waals surface area contributed by atoms with E-state index in [1.165, 1.54) is 31.4 Å². The van der Waals surface area contributed by atoms with Crippen molar-refractivity contribution in [2.75, 3.05) is 7.11 Å². The number of methoxy groups -OCH3 is 1. The number of aromatic hydroxyl groups is 1. The van der Waals surface area contributed by atoms with Crippen LogP contribution in [0.5, 0.6) is 5.75 Å². The Morgan fingerprint density at radius 1 is 1.41 bits per heavy atom. The molecule has 0 atom stereocenters. The number of hydrogen-bond donors (Lipinski definition) is 2. The second kappa shape index (κ2) is 7.45. The van der Waals surface area contributed by atoms with E-state index < -0.39 is 17.9 Å². The first-order chi connectivity index (χ1) is 12.8. The van der Waals surface area contributed by atoms with E-state index in [9.17, 15) is 19.5 Å². The number of imide groups is 1. The Balaban J connectivity index is 1.81. The molecule has 10 heteroatoms. The molecule has 1 aromatic heterocycles. The second-order valence-corrected chi connectivity index (χ2v) is 6.73. The predicted octanol–water partition coefficient (Wildman–Crippen LogP) is 3.28. The number of hydrogen-bond acceptors (Lipinski definition) is 6. The number of esters is 1. The van der Waals surface area contributed by atoms with Gasteiger partial charge in [-0.1, -0.05) is 11.6 Å². The van der Waals surface area contributed by atoms with Crippen LogP contribution in [0.3, 0.4) is 0 Å². The highest BCUT2D eigenvalue weighted by molar-refractivity contribution is 9.10. The number of halogens is 2. The third-order valence-corrected chi connectivity index (χ3v) is 4.57. The van der Waals surface area contributed by atoms with Crippen LogP contribution < -0.4 is 5.32 Å². The molecule has 0 unspecified atom stereocenters. The number of carbonyl (C=O) groups is 3. The molecule has 2 aromatic rings. The smallest absolute Gasteiger partial charge is 0.373 e. The molecule has 0 radical (unpaired) electrons. The number of urea groups is 1. The first-order valence-electron chi connectivity index (χ1n) is 7.49. The first-order valence-corrected chi connectivity index (χ1v) is 8.67. The Hall–Kier alpha value is -2.78. The summed E-state index contributed by atoms with van der Waals surface area (Å²) in [6.45, 7) is -0.154. The minimum atomic E-state index is -0.658. The van der Waals surface area contributed by atoms with Crippen molar-refractivity contribution >= 4 is 51.5 Å². The Labute approximate surface area is 166 Å². The number of benzene rings is 1. The van der Waals surface area contributed by atoms with Crippen LogP contribution in [-0.2, 0) is 16.1 Å². The van der Waals surface area contributed by atoms with Crippen LogP contribution in [0.25, 0.3) is 6.08 Å². The third kappa shape index (κ3) is 3.83. The van der Waals surface area contributed by atoms with Crippen LogP contribution in [0, 0.1) is 0 Å². The first kappa shape index (κ1) is 19.0. The summed E-state index contributed by atoms with van der Waals surface area (Å²) in [4.78, 5) is 37.0. The van der Waals surface area contributed by atoms with Gasteiger partial charge in [0.05, 0.1) is 23.1 Å². The highest BCUT2D eigenvalue weighted by Gasteiger charge is 2.34. The lowest BCUT2D eigenvalue weighted by Crippen LogP contribution is -2.30. The zero-order valence-corrected chi connectivity index (χ0v) is 16.1. The molecule has 1 aromatic carbocycles. The van der Waals surface area contributed by atoms with Gasteiger partial charge >= 0.3 is 12.0 Å². The molecular formula is C17H12BrClN2O6. The maximum absolute atomic E-state index is 12.5.